The van der Waals surface area contributed by atoms with Gasteiger partial charge in [-0.2, -0.15) is 0 Å². The minimum Gasteiger partial charge on any atom is -0.457 e. The Morgan fingerprint density at radius 2 is 0.975 bits per heavy atom. The molecule has 0 spiro atoms. The number of hydrogen-bond donors (Lipinski definition) is 0. The predicted molar refractivity (Wildman–Crippen MR) is 160 cm³/mol. The molecule has 40 heavy (non-hydrogen) atoms. The van der Waals surface area contributed by atoms with Gasteiger partial charge in [-0.25, -0.2) is 9.69 Å². The number of ether oxygens (including phenoxy) is 2. The number of hydrogen-bond acceptors (Lipinski definition) is 4. The van der Waals surface area contributed by atoms with Crippen LogP contribution < -0.4 is 20.4 Å². The topological polar surface area (TPSA) is 45.6 Å². The van der Waals surface area contributed by atoms with E-state index in [1.165, 1.54) is 22.1 Å². The molecule has 6 nitrogen and oxygen atoms in total. The van der Waals surface area contributed by atoms with Crippen LogP contribution in [0.25, 0.3) is 9.69 Å². The summed E-state index contributed by atoms with van der Waals surface area (Å²) in [7, 11) is 0. The third kappa shape index (κ3) is 5.90. The second-order valence-corrected chi connectivity index (χ2v) is 9.95. The molecule has 0 saturated heterocycles. The Bertz CT molecular complexity index is 1540. The van der Waals surface area contributed by atoms with E-state index < -0.39 is 0 Å². The minimum absolute atomic E-state index is 0.166. The Morgan fingerprint density at radius 3 is 1.35 bits per heavy atom. The van der Waals surface area contributed by atoms with Gasteiger partial charge in [0.2, 0.25) is 0 Å². The number of nitrogens with zero attached hydrogens (tertiary/aromatic N) is 2. The molecule has 0 fully saturated rings. The summed E-state index contributed by atoms with van der Waals surface area (Å²) in [5, 5.41) is 0. The molecule has 0 saturated carbocycles. The number of fused-ring (bicyclic) bond motifs is 2. The Kier molecular flexibility index (Phi) is 7.94. The molecule has 4 aromatic carbocycles. The first-order chi connectivity index (χ1) is 19.3. The van der Waals surface area contributed by atoms with Crippen molar-refractivity contribution in [2.45, 2.75) is 40.7 Å². The van der Waals surface area contributed by atoms with Crippen molar-refractivity contribution >= 4 is 36.1 Å². The molecular weight excluding hydrogens is 498 g/mol. The monoisotopic (exact) mass is 526 g/mol. The quantitative estimate of drug-likeness (QED) is 0.206. The summed E-state index contributed by atoms with van der Waals surface area (Å²) in [6.07, 6.45) is 0. The van der Waals surface area contributed by atoms with Crippen molar-refractivity contribution < 1.29 is 18.8 Å². The first-order valence-electron chi connectivity index (χ1n) is 13.2. The Morgan fingerprint density at radius 1 is 0.600 bits per heavy atom. The van der Waals surface area contributed by atoms with E-state index in [9.17, 15) is 0 Å². The average Bonchev–Trinajstić information content (AvgIpc) is 3.50. The van der Waals surface area contributed by atoms with Gasteiger partial charge in [-0.3, -0.25) is 0 Å². The van der Waals surface area contributed by atoms with Gasteiger partial charge in [0.05, 0.1) is 26.4 Å². The molecule has 2 heterocycles. The van der Waals surface area contributed by atoms with E-state index in [1.54, 1.807) is 12.1 Å². The second-order valence-electron chi connectivity index (χ2n) is 9.95. The van der Waals surface area contributed by atoms with Crippen LogP contribution in [-0.4, -0.2) is 13.8 Å². The zero-order valence-electron chi connectivity index (χ0n) is 23.0. The molecule has 2 aliphatic heterocycles. The maximum Gasteiger partial charge on any atom is 0.324 e. The highest BCUT2D eigenvalue weighted by Gasteiger charge is 2.24. The van der Waals surface area contributed by atoms with Gasteiger partial charge in [0, 0.05) is 0 Å². The number of benzene rings is 4. The summed E-state index contributed by atoms with van der Waals surface area (Å²) in [6, 6.07) is 23.1. The van der Waals surface area contributed by atoms with Crippen molar-refractivity contribution in [3.05, 3.63) is 118 Å². The molecule has 6 rings (SSSR count). The van der Waals surface area contributed by atoms with Gasteiger partial charge in [0.25, 0.3) is 0 Å². The average molecular weight is 526 g/mol. The zero-order valence-corrected chi connectivity index (χ0v) is 23.0. The molecule has 8 heteroatoms. The van der Waals surface area contributed by atoms with Crippen LogP contribution in [0.2, 0.25) is 13.6 Å². The maximum absolute atomic E-state index is 7.05. The van der Waals surface area contributed by atoms with Gasteiger partial charge < -0.3 is 18.8 Å². The SMILES string of the molecule is [C-]#[N+]c1ccc(Oc2ccc3c(c2)COB3C)cc1C.[C-]#[N+]c1ccc(Oc2ccc3c(c2)COB3C)cc1C. The third-order valence-corrected chi connectivity index (χ3v) is 7.13. The summed E-state index contributed by atoms with van der Waals surface area (Å²) in [5.74, 6) is 3.11. The molecule has 0 radical (unpaired) electrons. The summed E-state index contributed by atoms with van der Waals surface area (Å²) < 4.78 is 22.9. The molecule has 0 bridgehead atoms. The van der Waals surface area contributed by atoms with E-state index in [0.29, 0.717) is 24.6 Å². The molecule has 0 amide bonds. The first-order valence-corrected chi connectivity index (χ1v) is 13.2. The molecule has 0 N–H and O–H groups in total. The lowest BCUT2D eigenvalue weighted by Crippen LogP contribution is -2.23. The van der Waals surface area contributed by atoms with Crippen LogP contribution in [0.1, 0.15) is 22.3 Å². The van der Waals surface area contributed by atoms with Crippen molar-refractivity contribution in [2.24, 2.45) is 0 Å². The minimum atomic E-state index is 0.166. The van der Waals surface area contributed by atoms with Crippen molar-refractivity contribution in [3.8, 4) is 23.0 Å². The normalized spacial score (nSPS) is 12.9. The van der Waals surface area contributed by atoms with Gasteiger partial charge in [-0.15, -0.1) is 0 Å². The van der Waals surface area contributed by atoms with E-state index >= 15 is 0 Å². The fraction of sp³-hybridized carbons (Fsp3) is 0.188. The predicted octanol–water partition coefficient (Wildman–Crippen LogP) is 7.39. The van der Waals surface area contributed by atoms with Gasteiger partial charge in [-0.05, 0) is 95.6 Å². The summed E-state index contributed by atoms with van der Waals surface area (Å²) >= 11 is 0. The fourth-order valence-electron chi connectivity index (χ4n) is 4.85. The van der Waals surface area contributed by atoms with Crippen molar-refractivity contribution in [2.75, 3.05) is 0 Å². The highest BCUT2D eigenvalue weighted by molar-refractivity contribution is 6.67. The number of aryl methyl sites for hydroxylation is 2. The fourth-order valence-corrected chi connectivity index (χ4v) is 4.85. The first kappa shape index (κ1) is 27.1. The molecule has 0 aromatic heterocycles. The summed E-state index contributed by atoms with van der Waals surface area (Å²) in [5.41, 5.74) is 8.01. The molecule has 0 unspecified atom stereocenters. The largest absolute Gasteiger partial charge is 0.457 e. The van der Waals surface area contributed by atoms with Crippen LogP contribution in [0.3, 0.4) is 0 Å². The lowest BCUT2D eigenvalue weighted by atomic mass is 9.64. The number of rotatable bonds is 4. The third-order valence-electron chi connectivity index (χ3n) is 7.13. The van der Waals surface area contributed by atoms with E-state index in [2.05, 4.69) is 35.5 Å². The standard InChI is InChI=1S/2C16H14BNO2/c2*1-11-8-13(5-7-16(11)18-3)20-14-4-6-15-12(9-14)10-19-17(15)2/h2*4-9H,10H2,1-2H3. The van der Waals surface area contributed by atoms with Gasteiger partial charge in [0.1, 0.15) is 23.0 Å². The molecule has 0 atom stereocenters. The lowest BCUT2D eigenvalue weighted by molar-refractivity contribution is 0.333. The Labute approximate surface area is 236 Å². The van der Waals surface area contributed by atoms with Crippen LogP contribution in [0.4, 0.5) is 11.4 Å². The van der Waals surface area contributed by atoms with Crippen molar-refractivity contribution in [1.82, 2.24) is 0 Å². The highest BCUT2D eigenvalue weighted by Crippen LogP contribution is 2.30. The second kappa shape index (κ2) is 11.7. The van der Waals surface area contributed by atoms with Crippen molar-refractivity contribution in [3.63, 3.8) is 0 Å². The van der Waals surface area contributed by atoms with Gasteiger partial charge >= 0.3 is 13.8 Å². The molecule has 0 aliphatic carbocycles. The van der Waals surface area contributed by atoms with E-state index in [1.807, 2.05) is 62.4 Å². The van der Waals surface area contributed by atoms with Crippen LogP contribution in [-0.2, 0) is 22.5 Å². The van der Waals surface area contributed by atoms with Crippen LogP contribution >= 0.6 is 0 Å². The maximum atomic E-state index is 7.05. The van der Waals surface area contributed by atoms with Crippen LogP contribution in [0, 0.1) is 27.0 Å². The summed E-state index contributed by atoms with van der Waals surface area (Å²) in [6.45, 7) is 23.7. The van der Waals surface area contributed by atoms with E-state index in [0.717, 1.165) is 34.1 Å². The molecule has 4 aromatic rings. The highest BCUT2D eigenvalue weighted by atomic mass is 16.5. The van der Waals surface area contributed by atoms with Gasteiger partial charge in [-0.1, -0.05) is 37.9 Å². The van der Waals surface area contributed by atoms with E-state index in [-0.39, 0.29) is 13.8 Å². The smallest absolute Gasteiger partial charge is 0.324 e. The van der Waals surface area contributed by atoms with Crippen LogP contribution in [0.5, 0.6) is 23.0 Å². The van der Waals surface area contributed by atoms with Crippen molar-refractivity contribution in [1.29, 1.82) is 0 Å². The Balaban J connectivity index is 0.000000161. The summed E-state index contributed by atoms with van der Waals surface area (Å²) in [4.78, 5) is 6.90. The lowest BCUT2D eigenvalue weighted by Gasteiger charge is -2.09. The van der Waals surface area contributed by atoms with E-state index in [4.69, 9.17) is 31.9 Å². The Hall–Kier alpha value is -4.49. The molecule has 196 valence electrons. The van der Waals surface area contributed by atoms with Crippen LogP contribution in [0.15, 0.2) is 72.8 Å². The molecule has 2 aliphatic rings. The zero-order chi connectivity index (χ0) is 28.2. The molecular formula is C32H28B2N2O4. The van der Waals surface area contributed by atoms with Gasteiger partial charge in [0.15, 0.2) is 11.4 Å².